The van der Waals surface area contributed by atoms with Gasteiger partial charge in [0, 0.05) is 11.2 Å². The maximum absolute atomic E-state index is 10.3. The van der Waals surface area contributed by atoms with Crippen LogP contribution in [0.4, 0.5) is 0 Å². The van der Waals surface area contributed by atoms with E-state index in [1.54, 1.807) is 18.3 Å². The summed E-state index contributed by atoms with van der Waals surface area (Å²) in [6.45, 7) is 2.05. The Balaban J connectivity index is 2.36. The van der Waals surface area contributed by atoms with Crippen molar-refractivity contribution in [2.24, 2.45) is 0 Å². The molecule has 0 saturated heterocycles. The number of nitrogens with zero attached hydrogens (tertiary/aromatic N) is 1. The fourth-order valence-corrected chi connectivity index (χ4v) is 1.92. The summed E-state index contributed by atoms with van der Waals surface area (Å²) in [4.78, 5) is 4.27. The fourth-order valence-electron chi connectivity index (χ4n) is 1.80. The molecule has 0 fully saturated rings. The van der Waals surface area contributed by atoms with Crippen LogP contribution in [0, 0.1) is 0 Å². The van der Waals surface area contributed by atoms with Gasteiger partial charge in [-0.2, -0.15) is 0 Å². The molecule has 0 spiro atoms. The maximum atomic E-state index is 10.3. The van der Waals surface area contributed by atoms with Crippen molar-refractivity contribution in [3.8, 4) is 0 Å². The first-order valence-electron chi connectivity index (χ1n) is 5.59. The van der Waals surface area contributed by atoms with Gasteiger partial charge in [0.05, 0.1) is 5.69 Å². The van der Waals surface area contributed by atoms with Gasteiger partial charge in [-0.15, -0.1) is 0 Å². The Morgan fingerprint density at radius 1 is 1.24 bits per heavy atom. The highest BCUT2D eigenvalue weighted by molar-refractivity contribution is 6.30. The predicted molar refractivity (Wildman–Crippen MR) is 69.1 cm³/mol. The zero-order valence-corrected chi connectivity index (χ0v) is 10.4. The van der Waals surface area contributed by atoms with Gasteiger partial charge in [0.25, 0.3) is 0 Å². The summed E-state index contributed by atoms with van der Waals surface area (Å²) >= 11 is 5.82. The van der Waals surface area contributed by atoms with Crippen LogP contribution in [-0.2, 0) is 6.42 Å². The highest BCUT2D eigenvalue weighted by Crippen LogP contribution is 2.24. The van der Waals surface area contributed by atoms with E-state index in [1.165, 1.54) is 0 Å². The van der Waals surface area contributed by atoms with E-state index in [1.807, 2.05) is 24.3 Å². The molecule has 0 aliphatic heterocycles. The molecule has 0 bridgehead atoms. The quantitative estimate of drug-likeness (QED) is 0.902. The Hall–Kier alpha value is -1.38. The predicted octanol–water partition coefficient (Wildman–Crippen LogP) is 3.38. The fraction of sp³-hybridized carbons (Fsp3) is 0.214. The van der Waals surface area contributed by atoms with Crippen LogP contribution in [0.15, 0.2) is 42.6 Å². The molecule has 1 unspecified atom stereocenters. The molecule has 1 heterocycles. The minimum atomic E-state index is -0.691. The van der Waals surface area contributed by atoms with Crippen LogP contribution in [0.3, 0.4) is 0 Å². The van der Waals surface area contributed by atoms with E-state index in [0.29, 0.717) is 5.02 Å². The van der Waals surface area contributed by atoms with Crippen LogP contribution in [0.25, 0.3) is 0 Å². The second kappa shape index (κ2) is 5.30. The average Bonchev–Trinajstić information content (AvgIpc) is 2.39. The molecule has 17 heavy (non-hydrogen) atoms. The highest BCUT2D eigenvalue weighted by atomic mass is 35.5. The van der Waals surface area contributed by atoms with E-state index in [4.69, 9.17) is 11.6 Å². The second-order valence-electron chi connectivity index (χ2n) is 3.86. The van der Waals surface area contributed by atoms with Crippen LogP contribution >= 0.6 is 11.6 Å². The van der Waals surface area contributed by atoms with E-state index >= 15 is 0 Å². The van der Waals surface area contributed by atoms with Gasteiger partial charge in [-0.3, -0.25) is 4.98 Å². The Morgan fingerprint density at radius 3 is 2.59 bits per heavy atom. The summed E-state index contributed by atoms with van der Waals surface area (Å²) in [6.07, 6.45) is 1.87. The molecule has 0 saturated carbocycles. The van der Waals surface area contributed by atoms with E-state index in [2.05, 4.69) is 11.9 Å². The number of hydrogen-bond donors (Lipinski definition) is 1. The zero-order valence-electron chi connectivity index (χ0n) is 9.60. The van der Waals surface area contributed by atoms with Crippen molar-refractivity contribution in [2.45, 2.75) is 19.4 Å². The van der Waals surface area contributed by atoms with Gasteiger partial charge in [-0.05, 0) is 35.7 Å². The number of aliphatic hydroxyl groups excluding tert-OH is 1. The summed E-state index contributed by atoms with van der Waals surface area (Å²) in [5, 5.41) is 11.0. The van der Waals surface area contributed by atoms with Gasteiger partial charge in [-0.1, -0.05) is 36.7 Å². The van der Waals surface area contributed by atoms with E-state index in [9.17, 15) is 5.11 Å². The molecule has 2 rings (SSSR count). The van der Waals surface area contributed by atoms with Gasteiger partial charge in [-0.25, -0.2) is 0 Å². The lowest BCUT2D eigenvalue weighted by molar-refractivity contribution is 0.214. The van der Waals surface area contributed by atoms with E-state index < -0.39 is 6.10 Å². The van der Waals surface area contributed by atoms with Crippen molar-refractivity contribution < 1.29 is 5.11 Å². The van der Waals surface area contributed by atoms with Crippen LogP contribution in [0.1, 0.15) is 29.8 Å². The van der Waals surface area contributed by atoms with Crippen molar-refractivity contribution in [3.63, 3.8) is 0 Å². The van der Waals surface area contributed by atoms with Gasteiger partial charge in [0.1, 0.15) is 6.10 Å². The third-order valence-electron chi connectivity index (χ3n) is 2.75. The lowest BCUT2D eigenvalue weighted by Crippen LogP contribution is -2.05. The summed E-state index contributed by atoms with van der Waals surface area (Å²) < 4.78 is 0. The van der Waals surface area contributed by atoms with Crippen LogP contribution < -0.4 is 0 Å². The van der Waals surface area contributed by atoms with Crippen molar-refractivity contribution in [2.75, 3.05) is 0 Å². The first-order chi connectivity index (χ1) is 8.22. The third kappa shape index (κ3) is 2.65. The third-order valence-corrected chi connectivity index (χ3v) is 3.00. The Morgan fingerprint density at radius 2 is 1.94 bits per heavy atom. The molecular formula is C14H14ClNO. The number of aliphatic hydroxyl groups is 1. The number of pyridine rings is 1. The van der Waals surface area contributed by atoms with Crippen LogP contribution in [0.5, 0.6) is 0 Å². The van der Waals surface area contributed by atoms with Crippen molar-refractivity contribution in [3.05, 3.63) is 64.4 Å². The molecule has 1 aromatic heterocycles. The van der Waals surface area contributed by atoms with Gasteiger partial charge in [0.2, 0.25) is 0 Å². The van der Waals surface area contributed by atoms with Crippen molar-refractivity contribution >= 4 is 11.6 Å². The smallest absolute Gasteiger partial charge is 0.121 e. The summed E-state index contributed by atoms with van der Waals surface area (Å²) in [5.41, 5.74) is 2.59. The zero-order chi connectivity index (χ0) is 12.3. The minimum Gasteiger partial charge on any atom is -0.382 e. The minimum absolute atomic E-state index is 0.665. The molecule has 2 nitrogen and oxygen atoms in total. The molecule has 1 atom stereocenters. The van der Waals surface area contributed by atoms with Gasteiger partial charge < -0.3 is 5.11 Å². The molecule has 0 amide bonds. The first-order valence-corrected chi connectivity index (χ1v) is 5.97. The van der Waals surface area contributed by atoms with Crippen LogP contribution in [-0.4, -0.2) is 10.1 Å². The lowest BCUT2D eigenvalue weighted by Gasteiger charge is -2.13. The topological polar surface area (TPSA) is 33.1 Å². The van der Waals surface area contributed by atoms with Gasteiger partial charge >= 0.3 is 0 Å². The van der Waals surface area contributed by atoms with Crippen LogP contribution in [0.2, 0.25) is 5.02 Å². The summed E-state index contributed by atoms with van der Waals surface area (Å²) in [7, 11) is 0. The molecular weight excluding hydrogens is 234 g/mol. The van der Waals surface area contributed by atoms with E-state index in [0.717, 1.165) is 23.2 Å². The highest BCUT2D eigenvalue weighted by Gasteiger charge is 2.14. The Labute approximate surface area is 106 Å². The monoisotopic (exact) mass is 247 g/mol. The molecule has 0 aliphatic rings. The molecule has 1 aromatic carbocycles. The standard InChI is InChI=1S/C14H14ClNO/c1-2-10-4-3-9-16-13(10)14(17)11-5-7-12(15)8-6-11/h3-9,14,17H,2H2,1H3. The molecule has 3 heteroatoms. The molecule has 2 aromatic rings. The maximum Gasteiger partial charge on any atom is 0.121 e. The summed E-state index contributed by atoms with van der Waals surface area (Å²) in [6, 6.07) is 11.1. The second-order valence-corrected chi connectivity index (χ2v) is 4.29. The SMILES string of the molecule is CCc1cccnc1C(O)c1ccc(Cl)cc1. The number of halogens is 1. The van der Waals surface area contributed by atoms with Crippen molar-refractivity contribution in [1.82, 2.24) is 4.98 Å². The first kappa shape index (κ1) is 12.1. The Bertz CT molecular complexity index is 496. The van der Waals surface area contributed by atoms with Gasteiger partial charge in [0.15, 0.2) is 0 Å². The number of aromatic nitrogens is 1. The lowest BCUT2D eigenvalue weighted by atomic mass is 10.0. The number of aryl methyl sites for hydroxylation is 1. The molecule has 1 N–H and O–H groups in total. The molecule has 88 valence electrons. The molecule has 0 aliphatic carbocycles. The Kier molecular flexibility index (Phi) is 3.77. The number of benzene rings is 1. The van der Waals surface area contributed by atoms with Crippen molar-refractivity contribution in [1.29, 1.82) is 0 Å². The average molecular weight is 248 g/mol. The largest absolute Gasteiger partial charge is 0.382 e. The number of hydrogen-bond acceptors (Lipinski definition) is 2. The number of rotatable bonds is 3. The van der Waals surface area contributed by atoms with E-state index in [-0.39, 0.29) is 0 Å². The summed E-state index contributed by atoms with van der Waals surface area (Å²) in [5.74, 6) is 0. The normalized spacial score (nSPS) is 12.4. The molecule has 0 radical (unpaired) electrons.